The van der Waals surface area contributed by atoms with E-state index in [4.69, 9.17) is 9.47 Å². The summed E-state index contributed by atoms with van der Waals surface area (Å²) in [4.78, 5) is 12.2. The summed E-state index contributed by atoms with van der Waals surface area (Å²) in [5.41, 5.74) is 0.827. The molecule has 0 radical (unpaired) electrons. The van der Waals surface area contributed by atoms with Crippen LogP contribution in [0, 0.1) is 0 Å². The maximum absolute atomic E-state index is 12.2. The van der Waals surface area contributed by atoms with Crippen LogP contribution in [-0.4, -0.2) is 50.8 Å². The fraction of sp³-hybridized carbons (Fsp3) is 0.389. The van der Waals surface area contributed by atoms with Gasteiger partial charge in [0.25, 0.3) is 0 Å². The molecule has 0 atom stereocenters. The Morgan fingerprint density at radius 3 is 2.41 bits per heavy atom. The summed E-state index contributed by atoms with van der Waals surface area (Å²) < 4.78 is 12.6. The standard InChI is InChI=1S/C18H22N6O3S2/c1-5-15-20-22-17(29-15)19-14(25)10-28-18-23-21-16(24(18)6-2)11-7-12(26-3)9-13(8-11)27-4/h7-9H,5-6,10H2,1-4H3,(H,19,22,25). The Labute approximate surface area is 176 Å². The van der Waals surface area contributed by atoms with Crippen molar-refractivity contribution in [2.45, 2.75) is 32.0 Å². The van der Waals surface area contributed by atoms with Crippen LogP contribution in [0.3, 0.4) is 0 Å². The number of rotatable bonds is 9. The van der Waals surface area contributed by atoms with Crippen LogP contribution in [-0.2, 0) is 17.8 Å². The maximum Gasteiger partial charge on any atom is 0.236 e. The SMILES string of the molecule is CCc1nnc(NC(=O)CSc2nnc(-c3cc(OC)cc(OC)c3)n2CC)s1. The number of amides is 1. The number of carbonyl (C=O) groups excluding carboxylic acids is 1. The van der Waals surface area contributed by atoms with Gasteiger partial charge in [-0.05, 0) is 25.5 Å². The van der Waals surface area contributed by atoms with E-state index in [2.05, 4.69) is 25.7 Å². The first kappa shape index (κ1) is 21.1. The number of ether oxygens (including phenoxy) is 2. The average Bonchev–Trinajstić information content (AvgIpc) is 3.37. The van der Waals surface area contributed by atoms with Crippen molar-refractivity contribution in [2.24, 2.45) is 0 Å². The number of methoxy groups -OCH3 is 2. The Balaban J connectivity index is 1.73. The molecule has 0 spiro atoms. The van der Waals surface area contributed by atoms with Crippen molar-refractivity contribution >= 4 is 34.1 Å². The summed E-state index contributed by atoms with van der Waals surface area (Å²) in [5, 5.41) is 21.4. The molecule has 2 aromatic heterocycles. The minimum atomic E-state index is -0.163. The minimum absolute atomic E-state index is 0.163. The zero-order valence-electron chi connectivity index (χ0n) is 16.6. The summed E-state index contributed by atoms with van der Waals surface area (Å²) in [6, 6.07) is 5.55. The Morgan fingerprint density at radius 1 is 1.10 bits per heavy atom. The highest BCUT2D eigenvalue weighted by atomic mass is 32.2. The molecular weight excluding hydrogens is 412 g/mol. The number of anilines is 1. The van der Waals surface area contributed by atoms with Gasteiger partial charge in [0.15, 0.2) is 11.0 Å². The van der Waals surface area contributed by atoms with E-state index in [1.807, 2.05) is 30.5 Å². The number of benzene rings is 1. The molecule has 0 unspecified atom stereocenters. The fourth-order valence-corrected chi connectivity index (χ4v) is 4.06. The minimum Gasteiger partial charge on any atom is -0.497 e. The molecule has 29 heavy (non-hydrogen) atoms. The van der Waals surface area contributed by atoms with Gasteiger partial charge in [-0.2, -0.15) is 0 Å². The third-order valence-electron chi connectivity index (χ3n) is 3.99. The first-order valence-corrected chi connectivity index (χ1v) is 10.8. The molecule has 11 heteroatoms. The maximum atomic E-state index is 12.2. The Bertz CT molecular complexity index is 966. The summed E-state index contributed by atoms with van der Waals surface area (Å²) in [7, 11) is 3.20. The van der Waals surface area contributed by atoms with Crippen LogP contribution in [0.2, 0.25) is 0 Å². The van der Waals surface area contributed by atoms with Crippen molar-refractivity contribution in [1.82, 2.24) is 25.0 Å². The van der Waals surface area contributed by atoms with Crippen molar-refractivity contribution in [2.75, 3.05) is 25.3 Å². The van der Waals surface area contributed by atoms with E-state index in [0.717, 1.165) is 17.0 Å². The number of thioether (sulfide) groups is 1. The lowest BCUT2D eigenvalue weighted by molar-refractivity contribution is -0.113. The van der Waals surface area contributed by atoms with E-state index < -0.39 is 0 Å². The van der Waals surface area contributed by atoms with E-state index in [0.29, 0.717) is 34.2 Å². The van der Waals surface area contributed by atoms with Gasteiger partial charge in [0.2, 0.25) is 11.0 Å². The summed E-state index contributed by atoms with van der Waals surface area (Å²) in [5.74, 6) is 2.05. The number of carbonyl (C=O) groups is 1. The lowest BCUT2D eigenvalue weighted by atomic mass is 10.2. The predicted octanol–water partition coefficient (Wildman–Crippen LogP) is 3.13. The van der Waals surface area contributed by atoms with Crippen LogP contribution >= 0.6 is 23.1 Å². The Kier molecular flexibility index (Phi) is 7.04. The van der Waals surface area contributed by atoms with Crippen LogP contribution in [0.5, 0.6) is 11.5 Å². The van der Waals surface area contributed by atoms with Gasteiger partial charge < -0.3 is 14.0 Å². The van der Waals surface area contributed by atoms with Crippen LogP contribution in [0.4, 0.5) is 5.13 Å². The van der Waals surface area contributed by atoms with Gasteiger partial charge in [-0.1, -0.05) is 30.0 Å². The largest absolute Gasteiger partial charge is 0.497 e. The first-order valence-electron chi connectivity index (χ1n) is 8.99. The van der Waals surface area contributed by atoms with E-state index in [-0.39, 0.29) is 11.7 Å². The third kappa shape index (κ3) is 5.04. The molecule has 1 aromatic carbocycles. The molecule has 0 saturated carbocycles. The summed E-state index contributed by atoms with van der Waals surface area (Å²) >= 11 is 2.70. The third-order valence-corrected chi connectivity index (χ3v) is 5.94. The van der Waals surface area contributed by atoms with Gasteiger partial charge >= 0.3 is 0 Å². The van der Waals surface area contributed by atoms with Crippen molar-refractivity contribution in [3.05, 3.63) is 23.2 Å². The van der Waals surface area contributed by atoms with Crippen molar-refractivity contribution in [3.63, 3.8) is 0 Å². The van der Waals surface area contributed by atoms with Crippen molar-refractivity contribution in [1.29, 1.82) is 0 Å². The van der Waals surface area contributed by atoms with Gasteiger partial charge in [0.1, 0.15) is 16.5 Å². The number of aryl methyl sites for hydroxylation is 1. The van der Waals surface area contributed by atoms with Crippen molar-refractivity contribution in [3.8, 4) is 22.9 Å². The smallest absolute Gasteiger partial charge is 0.236 e. The van der Waals surface area contributed by atoms with Gasteiger partial charge in [-0.25, -0.2) is 0 Å². The molecule has 0 aliphatic heterocycles. The lowest BCUT2D eigenvalue weighted by Crippen LogP contribution is -2.14. The molecule has 3 rings (SSSR count). The van der Waals surface area contributed by atoms with Gasteiger partial charge in [0, 0.05) is 18.2 Å². The molecular formula is C18H22N6O3S2. The van der Waals surface area contributed by atoms with E-state index in [1.54, 1.807) is 20.3 Å². The van der Waals surface area contributed by atoms with E-state index in [9.17, 15) is 4.79 Å². The Morgan fingerprint density at radius 2 is 1.83 bits per heavy atom. The molecule has 0 bridgehead atoms. The number of nitrogens with zero attached hydrogens (tertiary/aromatic N) is 5. The Hall–Kier alpha value is -2.66. The van der Waals surface area contributed by atoms with Gasteiger partial charge in [-0.3, -0.25) is 10.1 Å². The van der Waals surface area contributed by atoms with Crippen LogP contribution < -0.4 is 14.8 Å². The number of nitrogens with one attached hydrogen (secondary N) is 1. The number of hydrogen-bond donors (Lipinski definition) is 1. The lowest BCUT2D eigenvalue weighted by Gasteiger charge is -2.10. The zero-order chi connectivity index (χ0) is 20.8. The summed E-state index contributed by atoms with van der Waals surface area (Å²) in [6.07, 6.45) is 0.791. The molecule has 0 saturated heterocycles. The highest BCUT2D eigenvalue weighted by molar-refractivity contribution is 7.99. The van der Waals surface area contributed by atoms with E-state index in [1.165, 1.54) is 23.1 Å². The van der Waals surface area contributed by atoms with Crippen LogP contribution in [0.25, 0.3) is 11.4 Å². The number of hydrogen-bond acceptors (Lipinski definition) is 9. The molecule has 154 valence electrons. The second kappa shape index (κ2) is 9.70. The predicted molar refractivity (Wildman–Crippen MR) is 113 cm³/mol. The molecule has 3 aromatic rings. The fourth-order valence-electron chi connectivity index (χ4n) is 2.56. The molecule has 0 fully saturated rings. The van der Waals surface area contributed by atoms with E-state index >= 15 is 0 Å². The van der Waals surface area contributed by atoms with Crippen LogP contribution in [0.1, 0.15) is 18.9 Å². The molecule has 1 N–H and O–H groups in total. The number of aromatic nitrogens is 5. The normalized spacial score (nSPS) is 10.8. The van der Waals surface area contributed by atoms with Crippen molar-refractivity contribution < 1.29 is 14.3 Å². The van der Waals surface area contributed by atoms with Gasteiger partial charge in [-0.15, -0.1) is 20.4 Å². The van der Waals surface area contributed by atoms with Gasteiger partial charge in [0.05, 0.1) is 20.0 Å². The van der Waals surface area contributed by atoms with Crippen LogP contribution in [0.15, 0.2) is 23.4 Å². The second-order valence-corrected chi connectivity index (χ2v) is 7.85. The quantitative estimate of drug-likeness (QED) is 0.512. The molecule has 0 aliphatic rings. The highest BCUT2D eigenvalue weighted by Crippen LogP contribution is 2.31. The monoisotopic (exact) mass is 434 g/mol. The topological polar surface area (TPSA) is 104 Å². The summed E-state index contributed by atoms with van der Waals surface area (Å²) in [6.45, 7) is 4.65. The molecule has 0 aliphatic carbocycles. The first-order chi connectivity index (χ1) is 14.1. The average molecular weight is 435 g/mol. The second-order valence-electron chi connectivity index (χ2n) is 5.84. The molecule has 9 nitrogen and oxygen atoms in total. The zero-order valence-corrected chi connectivity index (χ0v) is 18.3. The molecule has 2 heterocycles. The molecule has 1 amide bonds. The highest BCUT2D eigenvalue weighted by Gasteiger charge is 2.17.